The van der Waals surface area contributed by atoms with Crippen LogP contribution in [0.3, 0.4) is 0 Å². The maximum Gasteiger partial charge on any atom is 0.0415 e. The van der Waals surface area contributed by atoms with Crippen LogP contribution in [-0.4, -0.2) is 12.3 Å². The Morgan fingerprint density at radius 3 is 2.65 bits per heavy atom. The summed E-state index contributed by atoms with van der Waals surface area (Å²) in [7, 11) is 0. The van der Waals surface area contributed by atoms with Crippen molar-refractivity contribution in [2.75, 3.05) is 12.3 Å². The molecule has 1 saturated carbocycles. The van der Waals surface area contributed by atoms with E-state index >= 15 is 0 Å². The molecule has 0 bridgehead atoms. The van der Waals surface area contributed by atoms with Crippen molar-refractivity contribution >= 4 is 11.8 Å². The molecule has 1 nitrogen and oxygen atoms in total. The predicted octanol–water partition coefficient (Wildman–Crippen LogP) is 4.78. The molecule has 1 heterocycles. The van der Waals surface area contributed by atoms with Crippen LogP contribution in [0.1, 0.15) is 56.2 Å². The molecule has 1 atom stereocenters. The summed E-state index contributed by atoms with van der Waals surface area (Å²) in [5.74, 6) is 4.35. The zero-order valence-electron chi connectivity index (χ0n) is 12.6. The topological polar surface area (TPSA) is 12.0 Å². The molecule has 1 unspecified atom stereocenters. The van der Waals surface area contributed by atoms with Crippen LogP contribution in [0, 0.1) is 11.8 Å². The molecule has 1 aromatic rings. The lowest BCUT2D eigenvalue weighted by Gasteiger charge is -2.31. The van der Waals surface area contributed by atoms with Crippen molar-refractivity contribution in [3.63, 3.8) is 0 Å². The zero-order chi connectivity index (χ0) is 13.8. The monoisotopic (exact) mass is 289 g/mol. The van der Waals surface area contributed by atoms with Crippen molar-refractivity contribution in [3.05, 3.63) is 35.4 Å². The smallest absolute Gasteiger partial charge is 0.0415 e. The second-order valence-electron chi connectivity index (χ2n) is 6.47. The van der Waals surface area contributed by atoms with Gasteiger partial charge in [-0.05, 0) is 42.3 Å². The minimum absolute atomic E-state index is 0.578. The van der Waals surface area contributed by atoms with Crippen LogP contribution in [0.15, 0.2) is 24.3 Å². The van der Waals surface area contributed by atoms with Crippen LogP contribution in [-0.2, 0) is 5.75 Å². The Kier molecular flexibility index (Phi) is 5.06. The second kappa shape index (κ2) is 7.00. The normalized spacial score (nSPS) is 29.9. The molecule has 0 radical (unpaired) electrons. The number of benzene rings is 1. The molecule has 1 aromatic carbocycles. The van der Waals surface area contributed by atoms with Crippen LogP contribution in [0.5, 0.6) is 0 Å². The summed E-state index contributed by atoms with van der Waals surface area (Å²) in [6.07, 6.45) is 7.17. The standard InChI is InChI=1S/C18H27NS/c1-2-14-7-9-15(10-8-14)11-19-18-13-20-12-16-5-3-4-6-17(16)18/h3-6,14-15,18-19H,2,7-13H2,1H3. The Morgan fingerprint density at radius 2 is 1.85 bits per heavy atom. The Bertz CT molecular complexity index is 423. The van der Waals surface area contributed by atoms with Gasteiger partial charge in [-0.2, -0.15) is 11.8 Å². The van der Waals surface area contributed by atoms with Crippen molar-refractivity contribution in [1.29, 1.82) is 0 Å². The fraction of sp³-hybridized carbons (Fsp3) is 0.667. The molecule has 1 N–H and O–H groups in total. The molecule has 20 heavy (non-hydrogen) atoms. The Balaban J connectivity index is 1.52. The molecule has 0 aromatic heterocycles. The molecule has 3 rings (SSSR count). The molecule has 0 amide bonds. The van der Waals surface area contributed by atoms with Crippen molar-refractivity contribution < 1.29 is 0 Å². The Labute approximate surface area is 127 Å². The molecule has 1 aliphatic heterocycles. The Hall–Kier alpha value is -0.470. The molecular weight excluding hydrogens is 262 g/mol. The van der Waals surface area contributed by atoms with Crippen molar-refractivity contribution in [2.45, 2.75) is 50.8 Å². The van der Waals surface area contributed by atoms with E-state index in [1.165, 1.54) is 55.7 Å². The van der Waals surface area contributed by atoms with Crippen LogP contribution in [0.25, 0.3) is 0 Å². The summed E-state index contributed by atoms with van der Waals surface area (Å²) < 4.78 is 0. The van der Waals surface area contributed by atoms with E-state index in [2.05, 4.69) is 48.3 Å². The van der Waals surface area contributed by atoms with Gasteiger partial charge in [0.2, 0.25) is 0 Å². The van der Waals surface area contributed by atoms with E-state index in [9.17, 15) is 0 Å². The third-order valence-corrected chi connectivity index (χ3v) is 6.25. The highest BCUT2D eigenvalue weighted by molar-refractivity contribution is 7.98. The number of fused-ring (bicyclic) bond motifs is 1. The van der Waals surface area contributed by atoms with Gasteiger partial charge in [-0.15, -0.1) is 0 Å². The summed E-state index contributed by atoms with van der Waals surface area (Å²) in [6.45, 7) is 3.56. The SMILES string of the molecule is CCC1CCC(CNC2CSCc3ccccc32)CC1. The first-order chi connectivity index (χ1) is 9.86. The summed E-state index contributed by atoms with van der Waals surface area (Å²) in [5, 5.41) is 3.86. The summed E-state index contributed by atoms with van der Waals surface area (Å²) in [6, 6.07) is 9.56. The summed E-state index contributed by atoms with van der Waals surface area (Å²) >= 11 is 2.07. The maximum atomic E-state index is 3.86. The molecule has 2 heteroatoms. The lowest BCUT2D eigenvalue weighted by atomic mass is 9.81. The fourth-order valence-electron chi connectivity index (χ4n) is 3.70. The maximum absolute atomic E-state index is 3.86. The second-order valence-corrected chi connectivity index (χ2v) is 7.50. The molecular formula is C18H27NS. The third kappa shape index (κ3) is 3.40. The van der Waals surface area contributed by atoms with Crippen molar-refractivity contribution in [3.8, 4) is 0 Å². The van der Waals surface area contributed by atoms with Gasteiger partial charge < -0.3 is 5.32 Å². The van der Waals surface area contributed by atoms with Gasteiger partial charge in [-0.25, -0.2) is 0 Å². The molecule has 0 spiro atoms. The zero-order valence-corrected chi connectivity index (χ0v) is 13.4. The molecule has 2 aliphatic rings. The van der Waals surface area contributed by atoms with Gasteiger partial charge in [0.1, 0.15) is 0 Å². The third-order valence-electron chi connectivity index (χ3n) is 5.17. The van der Waals surface area contributed by atoms with Gasteiger partial charge in [0, 0.05) is 17.5 Å². The average Bonchev–Trinajstić information content (AvgIpc) is 2.53. The largest absolute Gasteiger partial charge is 0.309 e. The van der Waals surface area contributed by atoms with E-state index in [0.717, 1.165) is 11.8 Å². The quantitative estimate of drug-likeness (QED) is 0.856. The highest BCUT2D eigenvalue weighted by Crippen LogP contribution is 2.33. The number of nitrogens with one attached hydrogen (secondary N) is 1. The van der Waals surface area contributed by atoms with Gasteiger partial charge in [0.15, 0.2) is 0 Å². The van der Waals surface area contributed by atoms with Gasteiger partial charge in [0.25, 0.3) is 0 Å². The number of rotatable bonds is 4. The van der Waals surface area contributed by atoms with E-state index in [-0.39, 0.29) is 0 Å². The minimum Gasteiger partial charge on any atom is -0.309 e. The first-order valence-electron chi connectivity index (χ1n) is 8.25. The minimum atomic E-state index is 0.578. The van der Waals surface area contributed by atoms with E-state index in [4.69, 9.17) is 0 Å². The first kappa shape index (κ1) is 14.5. The molecule has 0 saturated heterocycles. The number of thioether (sulfide) groups is 1. The van der Waals surface area contributed by atoms with Gasteiger partial charge in [-0.3, -0.25) is 0 Å². The van der Waals surface area contributed by atoms with Crippen LogP contribution in [0.4, 0.5) is 0 Å². The fourth-order valence-corrected chi connectivity index (χ4v) is 4.84. The summed E-state index contributed by atoms with van der Waals surface area (Å²) in [5.41, 5.74) is 3.09. The van der Waals surface area contributed by atoms with E-state index < -0.39 is 0 Å². The summed E-state index contributed by atoms with van der Waals surface area (Å²) in [4.78, 5) is 0. The predicted molar refractivity (Wildman–Crippen MR) is 89.1 cm³/mol. The van der Waals surface area contributed by atoms with E-state index in [0.29, 0.717) is 6.04 Å². The lowest BCUT2D eigenvalue weighted by molar-refractivity contribution is 0.258. The lowest BCUT2D eigenvalue weighted by Crippen LogP contribution is -2.32. The van der Waals surface area contributed by atoms with E-state index in [1.54, 1.807) is 5.56 Å². The van der Waals surface area contributed by atoms with Crippen LogP contribution in [0.2, 0.25) is 0 Å². The molecule has 1 aliphatic carbocycles. The average molecular weight is 289 g/mol. The van der Waals surface area contributed by atoms with Gasteiger partial charge in [-0.1, -0.05) is 50.5 Å². The van der Waals surface area contributed by atoms with Gasteiger partial charge >= 0.3 is 0 Å². The highest BCUT2D eigenvalue weighted by atomic mass is 32.2. The van der Waals surface area contributed by atoms with Crippen molar-refractivity contribution in [2.24, 2.45) is 11.8 Å². The van der Waals surface area contributed by atoms with E-state index in [1.807, 2.05) is 0 Å². The number of hydrogen-bond acceptors (Lipinski definition) is 2. The van der Waals surface area contributed by atoms with Crippen LogP contribution < -0.4 is 5.32 Å². The Morgan fingerprint density at radius 1 is 1.10 bits per heavy atom. The number of hydrogen-bond donors (Lipinski definition) is 1. The van der Waals surface area contributed by atoms with Crippen LogP contribution >= 0.6 is 11.8 Å². The molecule has 1 fully saturated rings. The molecule has 110 valence electrons. The van der Waals surface area contributed by atoms with Gasteiger partial charge in [0.05, 0.1) is 0 Å². The highest BCUT2D eigenvalue weighted by Gasteiger charge is 2.23. The first-order valence-corrected chi connectivity index (χ1v) is 9.41. The van der Waals surface area contributed by atoms with Crippen molar-refractivity contribution in [1.82, 2.24) is 5.32 Å².